The Bertz CT molecular complexity index is 503. The van der Waals surface area contributed by atoms with Gasteiger partial charge in [-0.25, -0.2) is 12.7 Å². The maximum absolute atomic E-state index is 12.2. The van der Waals surface area contributed by atoms with Crippen LogP contribution in [0.3, 0.4) is 0 Å². The zero-order valence-electron chi connectivity index (χ0n) is 12.8. The van der Waals surface area contributed by atoms with Crippen molar-refractivity contribution in [3.63, 3.8) is 0 Å². The van der Waals surface area contributed by atoms with Crippen LogP contribution in [-0.4, -0.2) is 38.6 Å². The van der Waals surface area contributed by atoms with Gasteiger partial charge in [0.25, 0.3) is 0 Å². The molecule has 0 radical (unpaired) electrons. The molecule has 0 heterocycles. The lowest BCUT2D eigenvalue weighted by atomic mass is 10.2. The third-order valence-corrected chi connectivity index (χ3v) is 5.64. The van der Waals surface area contributed by atoms with Crippen molar-refractivity contribution < 1.29 is 8.42 Å². The number of benzene rings is 1. The normalized spacial score (nSPS) is 12.0. The summed E-state index contributed by atoms with van der Waals surface area (Å²) in [6.45, 7) is 4.42. The molecule has 0 aromatic heterocycles. The molecule has 0 amide bonds. The summed E-state index contributed by atoms with van der Waals surface area (Å²) in [5.74, 6) is 0.216. The highest BCUT2D eigenvalue weighted by atomic mass is 79.9. The third kappa shape index (κ3) is 7.40. The van der Waals surface area contributed by atoms with Gasteiger partial charge in [-0.2, -0.15) is 0 Å². The van der Waals surface area contributed by atoms with E-state index in [-0.39, 0.29) is 5.75 Å². The molecular weight excluding hydrogens is 352 g/mol. The summed E-state index contributed by atoms with van der Waals surface area (Å²) in [6, 6.07) is 7.72. The Morgan fingerprint density at radius 3 is 2.43 bits per heavy atom. The summed E-state index contributed by atoms with van der Waals surface area (Å²) >= 11 is 3.37. The molecule has 4 nitrogen and oxygen atoms in total. The van der Waals surface area contributed by atoms with E-state index in [4.69, 9.17) is 0 Å². The van der Waals surface area contributed by atoms with E-state index in [0.717, 1.165) is 36.0 Å². The van der Waals surface area contributed by atoms with Gasteiger partial charge in [0.1, 0.15) is 0 Å². The molecule has 0 aliphatic heterocycles. The lowest BCUT2D eigenvalue weighted by Crippen LogP contribution is -2.29. The Balaban J connectivity index is 2.37. The average molecular weight is 377 g/mol. The van der Waals surface area contributed by atoms with E-state index in [0.29, 0.717) is 13.0 Å². The zero-order valence-corrected chi connectivity index (χ0v) is 15.2. The predicted octanol–water partition coefficient (Wildman–Crippen LogP) is 2.99. The van der Waals surface area contributed by atoms with Crippen molar-refractivity contribution in [2.24, 2.45) is 0 Å². The minimum Gasteiger partial charge on any atom is -0.317 e. The summed E-state index contributed by atoms with van der Waals surface area (Å²) in [7, 11) is -1.52. The van der Waals surface area contributed by atoms with Crippen LogP contribution in [0.4, 0.5) is 0 Å². The number of hydrogen-bond acceptors (Lipinski definition) is 3. The lowest BCUT2D eigenvalue weighted by molar-refractivity contribution is 0.464. The van der Waals surface area contributed by atoms with E-state index in [2.05, 4.69) is 28.2 Å². The summed E-state index contributed by atoms with van der Waals surface area (Å²) in [6.07, 6.45) is 2.70. The van der Waals surface area contributed by atoms with Crippen LogP contribution in [0.5, 0.6) is 0 Å². The van der Waals surface area contributed by atoms with Crippen molar-refractivity contribution in [3.05, 3.63) is 34.3 Å². The molecule has 1 rings (SSSR count). The number of sulfonamides is 1. The molecule has 0 aliphatic carbocycles. The van der Waals surface area contributed by atoms with Gasteiger partial charge in [-0.05, 0) is 50.0 Å². The van der Waals surface area contributed by atoms with Crippen molar-refractivity contribution in [1.29, 1.82) is 0 Å². The molecule has 0 unspecified atom stereocenters. The highest BCUT2D eigenvalue weighted by Gasteiger charge is 2.17. The van der Waals surface area contributed by atoms with Crippen molar-refractivity contribution in [2.45, 2.75) is 32.7 Å². The summed E-state index contributed by atoms with van der Waals surface area (Å²) in [4.78, 5) is 0. The topological polar surface area (TPSA) is 49.4 Å². The van der Waals surface area contributed by atoms with Crippen LogP contribution < -0.4 is 5.32 Å². The van der Waals surface area contributed by atoms with Gasteiger partial charge in [-0.15, -0.1) is 0 Å². The molecule has 0 saturated carbocycles. The zero-order chi connectivity index (χ0) is 15.7. The SMILES string of the molecule is CCCNCCCCS(=O)(=O)N(C)Cc1ccc(Br)cc1. The molecule has 120 valence electrons. The van der Waals surface area contributed by atoms with Gasteiger partial charge in [0, 0.05) is 18.1 Å². The first-order chi connectivity index (χ1) is 9.95. The second kappa shape index (κ2) is 9.56. The first kappa shape index (κ1) is 18.6. The quantitative estimate of drug-likeness (QED) is 0.638. The van der Waals surface area contributed by atoms with E-state index in [9.17, 15) is 8.42 Å². The van der Waals surface area contributed by atoms with Crippen molar-refractivity contribution in [3.8, 4) is 0 Å². The Kier molecular flexibility index (Phi) is 8.48. The van der Waals surface area contributed by atoms with E-state index in [1.54, 1.807) is 7.05 Å². The summed E-state index contributed by atoms with van der Waals surface area (Å²) in [5.41, 5.74) is 0.994. The number of rotatable bonds is 10. The van der Waals surface area contributed by atoms with Crippen LogP contribution in [0.2, 0.25) is 0 Å². The lowest BCUT2D eigenvalue weighted by Gasteiger charge is -2.17. The minimum absolute atomic E-state index is 0.216. The molecule has 0 fully saturated rings. The van der Waals surface area contributed by atoms with E-state index >= 15 is 0 Å². The smallest absolute Gasteiger partial charge is 0.214 e. The van der Waals surface area contributed by atoms with Gasteiger partial charge >= 0.3 is 0 Å². The molecule has 1 aromatic carbocycles. The fourth-order valence-electron chi connectivity index (χ4n) is 1.94. The maximum Gasteiger partial charge on any atom is 0.214 e. The van der Waals surface area contributed by atoms with Crippen LogP contribution in [0, 0.1) is 0 Å². The van der Waals surface area contributed by atoms with Gasteiger partial charge in [-0.1, -0.05) is 35.0 Å². The van der Waals surface area contributed by atoms with E-state index in [1.807, 2.05) is 24.3 Å². The van der Waals surface area contributed by atoms with Crippen molar-refractivity contribution >= 4 is 26.0 Å². The van der Waals surface area contributed by atoms with Crippen LogP contribution in [0.1, 0.15) is 31.7 Å². The van der Waals surface area contributed by atoms with Gasteiger partial charge in [0.05, 0.1) is 5.75 Å². The van der Waals surface area contributed by atoms with Crippen molar-refractivity contribution in [1.82, 2.24) is 9.62 Å². The molecule has 1 N–H and O–H groups in total. The molecule has 6 heteroatoms. The minimum atomic E-state index is -3.17. The molecule has 0 aliphatic rings. The van der Waals surface area contributed by atoms with Gasteiger partial charge in [0.2, 0.25) is 10.0 Å². The van der Waals surface area contributed by atoms with Crippen LogP contribution in [0.25, 0.3) is 0 Å². The summed E-state index contributed by atoms with van der Waals surface area (Å²) in [5, 5.41) is 3.28. The highest BCUT2D eigenvalue weighted by Crippen LogP contribution is 2.13. The van der Waals surface area contributed by atoms with Crippen LogP contribution >= 0.6 is 15.9 Å². The average Bonchev–Trinajstić information content (AvgIpc) is 2.45. The number of nitrogens with one attached hydrogen (secondary N) is 1. The maximum atomic E-state index is 12.2. The molecule has 0 atom stereocenters. The number of halogens is 1. The van der Waals surface area contributed by atoms with E-state index in [1.165, 1.54) is 4.31 Å². The monoisotopic (exact) mass is 376 g/mol. The number of unbranched alkanes of at least 4 members (excludes halogenated alkanes) is 1. The van der Waals surface area contributed by atoms with Crippen LogP contribution in [0.15, 0.2) is 28.7 Å². The van der Waals surface area contributed by atoms with E-state index < -0.39 is 10.0 Å². The second-order valence-corrected chi connectivity index (χ2v) is 8.27. The molecule has 0 saturated heterocycles. The fraction of sp³-hybridized carbons (Fsp3) is 0.600. The highest BCUT2D eigenvalue weighted by molar-refractivity contribution is 9.10. The molecule has 21 heavy (non-hydrogen) atoms. The Labute approximate surface area is 137 Å². The predicted molar refractivity (Wildman–Crippen MR) is 91.8 cm³/mol. The Hall–Kier alpha value is -0.430. The molecular formula is C15H25BrN2O2S. The first-order valence-electron chi connectivity index (χ1n) is 7.35. The van der Waals surface area contributed by atoms with Crippen LogP contribution in [-0.2, 0) is 16.6 Å². The van der Waals surface area contributed by atoms with Gasteiger partial charge < -0.3 is 5.32 Å². The Morgan fingerprint density at radius 2 is 1.81 bits per heavy atom. The second-order valence-electron chi connectivity index (χ2n) is 5.16. The van der Waals surface area contributed by atoms with Gasteiger partial charge in [0.15, 0.2) is 0 Å². The number of nitrogens with zero attached hydrogens (tertiary/aromatic N) is 1. The van der Waals surface area contributed by atoms with Gasteiger partial charge in [-0.3, -0.25) is 0 Å². The fourth-order valence-corrected chi connectivity index (χ4v) is 3.43. The molecule has 0 spiro atoms. The first-order valence-corrected chi connectivity index (χ1v) is 9.75. The molecule has 1 aromatic rings. The summed E-state index contributed by atoms with van der Waals surface area (Å²) < 4.78 is 26.8. The molecule has 0 bridgehead atoms. The third-order valence-electron chi connectivity index (χ3n) is 3.23. The van der Waals surface area contributed by atoms with Crippen molar-refractivity contribution in [2.75, 3.05) is 25.9 Å². The standard InChI is InChI=1S/C15H25BrN2O2S/c1-3-10-17-11-4-5-12-21(19,20)18(2)13-14-6-8-15(16)9-7-14/h6-9,17H,3-5,10-13H2,1-2H3. The largest absolute Gasteiger partial charge is 0.317 e. The number of hydrogen-bond donors (Lipinski definition) is 1. The Morgan fingerprint density at radius 1 is 1.14 bits per heavy atom.